The fraction of sp³-hybridized carbons (Fsp3) is 0.769. The first-order valence-corrected chi connectivity index (χ1v) is 6.64. The Balaban J connectivity index is 2.04. The van der Waals surface area contributed by atoms with Gasteiger partial charge < -0.3 is 10.5 Å². The van der Waals surface area contributed by atoms with Crippen LogP contribution in [0.3, 0.4) is 0 Å². The quantitative estimate of drug-likeness (QED) is 0.846. The molecule has 5 heteroatoms. The molecule has 1 fully saturated rings. The number of hydrogen-bond acceptors (Lipinski definition) is 4. The average Bonchev–Trinajstić information content (AvgIpc) is 2.90. The van der Waals surface area contributed by atoms with Gasteiger partial charge in [0.25, 0.3) is 0 Å². The Morgan fingerprint density at radius 1 is 1.67 bits per heavy atom. The lowest BCUT2D eigenvalue weighted by molar-refractivity contribution is 0.0642. The molecule has 0 spiro atoms. The molecule has 1 aliphatic rings. The molecule has 1 aliphatic heterocycles. The summed E-state index contributed by atoms with van der Waals surface area (Å²) in [4.78, 5) is 2.29. The summed E-state index contributed by atoms with van der Waals surface area (Å²) in [6.07, 6.45) is 6.63. The van der Waals surface area contributed by atoms with Gasteiger partial charge >= 0.3 is 0 Å². The molecular weight excluding hydrogens is 228 g/mol. The van der Waals surface area contributed by atoms with Crippen molar-refractivity contribution in [3.63, 3.8) is 0 Å². The van der Waals surface area contributed by atoms with Crippen molar-refractivity contribution in [3.8, 4) is 0 Å². The molecule has 2 rings (SSSR count). The van der Waals surface area contributed by atoms with E-state index in [1.807, 2.05) is 31.0 Å². The molecular formula is C13H24N4O. The van der Waals surface area contributed by atoms with Gasteiger partial charge in [-0.05, 0) is 26.8 Å². The van der Waals surface area contributed by atoms with E-state index in [4.69, 9.17) is 10.5 Å². The topological polar surface area (TPSA) is 56.3 Å². The summed E-state index contributed by atoms with van der Waals surface area (Å²) in [6, 6.07) is 0.267. The van der Waals surface area contributed by atoms with Crippen LogP contribution in [0.15, 0.2) is 12.4 Å². The van der Waals surface area contributed by atoms with Crippen LogP contribution in [-0.4, -0.2) is 47.0 Å². The van der Waals surface area contributed by atoms with E-state index in [2.05, 4.69) is 17.0 Å². The molecule has 2 N–H and O–H groups in total. The molecule has 0 saturated carbocycles. The first-order chi connectivity index (χ1) is 8.58. The molecule has 102 valence electrons. The van der Waals surface area contributed by atoms with Crippen molar-refractivity contribution in [2.75, 3.05) is 20.2 Å². The van der Waals surface area contributed by atoms with Crippen molar-refractivity contribution < 1.29 is 4.74 Å². The maximum absolute atomic E-state index is 6.13. The van der Waals surface area contributed by atoms with Crippen LogP contribution in [0.4, 0.5) is 0 Å². The van der Waals surface area contributed by atoms with Gasteiger partial charge in [-0.2, -0.15) is 5.10 Å². The predicted molar refractivity (Wildman–Crippen MR) is 71.2 cm³/mol. The average molecular weight is 252 g/mol. The van der Waals surface area contributed by atoms with Gasteiger partial charge in [0.15, 0.2) is 0 Å². The Hall–Kier alpha value is -0.910. The molecule has 18 heavy (non-hydrogen) atoms. The van der Waals surface area contributed by atoms with Gasteiger partial charge in [-0.15, -0.1) is 0 Å². The van der Waals surface area contributed by atoms with E-state index in [1.165, 1.54) is 12.0 Å². The Bertz CT molecular complexity index is 371. The van der Waals surface area contributed by atoms with Gasteiger partial charge in [-0.25, -0.2) is 0 Å². The van der Waals surface area contributed by atoms with E-state index in [1.54, 1.807) is 0 Å². The van der Waals surface area contributed by atoms with Gasteiger partial charge in [0.2, 0.25) is 0 Å². The highest BCUT2D eigenvalue weighted by Gasteiger charge is 2.26. The largest absolute Gasteiger partial charge is 0.377 e. The minimum atomic E-state index is 0.0700. The number of hydrogen-bond donors (Lipinski definition) is 1. The summed E-state index contributed by atoms with van der Waals surface area (Å²) in [5, 5.41) is 4.24. The highest BCUT2D eigenvalue weighted by Crippen LogP contribution is 2.24. The third-order valence-corrected chi connectivity index (χ3v) is 3.55. The Morgan fingerprint density at radius 2 is 2.44 bits per heavy atom. The summed E-state index contributed by atoms with van der Waals surface area (Å²) in [5.74, 6) is 0. The molecule has 1 aromatic rings. The van der Waals surface area contributed by atoms with Gasteiger partial charge in [-0.3, -0.25) is 9.58 Å². The SMILES string of the molecule is CC(N)C(c1cnn(C)c1)N(C)CC1CCCO1. The lowest BCUT2D eigenvalue weighted by Gasteiger charge is -2.31. The summed E-state index contributed by atoms with van der Waals surface area (Å²) in [5.41, 5.74) is 7.31. The molecule has 3 atom stereocenters. The molecule has 1 saturated heterocycles. The molecule has 2 heterocycles. The number of rotatable bonds is 5. The van der Waals surface area contributed by atoms with Gasteiger partial charge in [0, 0.05) is 38.0 Å². The molecule has 3 unspecified atom stereocenters. The van der Waals surface area contributed by atoms with Crippen LogP contribution in [0, 0.1) is 0 Å². The number of nitrogens with two attached hydrogens (primary N) is 1. The van der Waals surface area contributed by atoms with E-state index >= 15 is 0 Å². The number of aromatic nitrogens is 2. The molecule has 1 aromatic heterocycles. The fourth-order valence-electron chi connectivity index (χ4n) is 2.78. The van der Waals surface area contributed by atoms with Gasteiger partial charge in [0.05, 0.1) is 18.3 Å². The molecule has 0 aromatic carbocycles. The lowest BCUT2D eigenvalue weighted by atomic mass is 10.0. The third-order valence-electron chi connectivity index (χ3n) is 3.55. The minimum Gasteiger partial charge on any atom is -0.377 e. The van der Waals surface area contributed by atoms with Crippen molar-refractivity contribution >= 4 is 0 Å². The van der Waals surface area contributed by atoms with E-state index in [-0.39, 0.29) is 12.1 Å². The van der Waals surface area contributed by atoms with E-state index in [0.29, 0.717) is 6.10 Å². The zero-order valence-electron chi connectivity index (χ0n) is 11.5. The predicted octanol–water partition coefficient (Wildman–Crippen LogP) is 0.919. The number of likely N-dealkylation sites (N-methyl/N-ethyl adjacent to an activating group) is 1. The van der Waals surface area contributed by atoms with Crippen molar-refractivity contribution in [1.29, 1.82) is 0 Å². The minimum absolute atomic E-state index is 0.0700. The number of aryl methyl sites for hydroxylation is 1. The van der Waals surface area contributed by atoms with Gasteiger partial charge in [0.1, 0.15) is 0 Å². The summed E-state index contributed by atoms with van der Waals surface area (Å²) in [7, 11) is 4.05. The summed E-state index contributed by atoms with van der Waals surface area (Å²) in [6.45, 7) is 3.87. The summed E-state index contributed by atoms with van der Waals surface area (Å²) >= 11 is 0. The zero-order chi connectivity index (χ0) is 13.1. The zero-order valence-corrected chi connectivity index (χ0v) is 11.5. The standard InChI is InChI=1S/C13H24N4O/c1-10(14)13(11-7-15-17(3)8-11)16(2)9-12-5-4-6-18-12/h7-8,10,12-13H,4-6,9,14H2,1-3H3. The molecule has 5 nitrogen and oxygen atoms in total. The maximum Gasteiger partial charge on any atom is 0.0702 e. The second-order valence-corrected chi connectivity index (χ2v) is 5.33. The number of nitrogens with zero attached hydrogens (tertiary/aromatic N) is 3. The third kappa shape index (κ3) is 3.10. The van der Waals surface area contributed by atoms with Crippen LogP contribution >= 0.6 is 0 Å². The van der Waals surface area contributed by atoms with Crippen LogP contribution in [0.1, 0.15) is 31.4 Å². The second-order valence-electron chi connectivity index (χ2n) is 5.33. The van der Waals surface area contributed by atoms with Crippen LogP contribution in [0.2, 0.25) is 0 Å². The van der Waals surface area contributed by atoms with Crippen molar-refractivity contribution in [3.05, 3.63) is 18.0 Å². The van der Waals surface area contributed by atoms with Crippen molar-refractivity contribution in [1.82, 2.24) is 14.7 Å². The monoisotopic (exact) mass is 252 g/mol. The van der Waals surface area contributed by atoms with Crippen LogP contribution in [0.5, 0.6) is 0 Å². The van der Waals surface area contributed by atoms with E-state index < -0.39 is 0 Å². The Kier molecular flexibility index (Phi) is 4.37. The summed E-state index contributed by atoms with van der Waals surface area (Å²) < 4.78 is 7.52. The molecule has 0 amide bonds. The van der Waals surface area contributed by atoms with Crippen LogP contribution < -0.4 is 5.73 Å². The molecule has 0 aliphatic carbocycles. The molecule has 0 radical (unpaired) electrons. The van der Waals surface area contributed by atoms with Crippen molar-refractivity contribution in [2.24, 2.45) is 12.8 Å². The first-order valence-electron chi connectivity index (χ1n) is 6.64. The maximum atomic E-state index is 6.13. The Labute approximate surface area is 109 Å². The van der Waals surface area contributed by atoms with Crippen molar-refractivity contribution in [2.45, 2.75) is 38.0 Å². The van der Waals surface area contributed by atoms with Crippen LogP contribution in [0.25, 0.3) is 0 Å². The highest BCUT2D eigenvalue weighted by molar-refractivity contribution is 5.12. The number of ether oxygens (including phenoxy) is 1. The lowest BCUT2D eigenvalue weighted by Crippen LogP contribution is -2.40. The second kappa shape index (κ2) is 5.82. The van der Waals surface area contributed by atoms with E-state index in [0.717, 1.165) is 19.6 Å². The smallest absolute Gasteiger partial charge is 0.0702 e. The Morgan fingerprint density at radius 3 is 2.94 bits per heavy atom. The van der Waals surface area contributed by atoms with Crippen LogP contribution in [-0.2, 0) is 11.8 Å². The van der Waals surface area contributed by atoms with E-state index in [9.17, 15) is 0 Å². The fourth-order valence-corrected chi connectivity index (χ4v) is 2.78. The van der Waals surface area contributed by atoms with Gasteiger partial charge in [-0.1, -0.05) is 0 Å². The molecule has 0 bridgehead atoms. The normalized spacial score (nSPS) is 23.5. The first kappa shape index (κ1) is 13.5. The highest BCUT2D eigenvalue weighted by atomic mass is 16.5.